The molecule has 0 bridgehead atoms. The van der Waals surface area contributed by atoms with Gasteiger partial charge in [-0.05, 0) is 24.3 Å². The lowest BCUT2D eigenvalue weighted by Gasteiger charge is -1.87. The van der Waals surface area contributed by atoms with Gasteiger partial charge < -0.3 is 0 Å². The summed E-state index contributed by atoms with van der Waals surface area (Å²) in [5.74, 6) is -0.241. The quantitative estimate of drug-likeness (QED) is 0.571. The van der Waals surface area contributed by atoms with E-state index in [1.807, 2.05) is 6.19 Å². The van der Waals surface area contributed by atoms with Crippen LogP contribution in [0.3, 0.4) is 0 Å². The van der Waals surface area contributed by atoms with E-state index in [2.05, 4.69) is 4.98 Å². The van der Waals surface area contributed by atoms with Crippen molar-refractivity contribution in [3.8, 4) is 6.19 Å². The Morgan fingerprint density at radius 3 is 1.93 bits per heavy atom. The molecule has 1 heterocycles. The molecule has 1 aliphatic rings. The Kier molecular flexibility index (Phi) is 3.74. The Bertz CT molecular complexity index is 412. The predicted molar refractivity (Wildman–Crippen MR) is 51.5 cm³/mol. The number of carbonyl (C=O) groups is 2. The zero-order valence-corrected chi connectivity index (χ0v) is 7.70. The molecule has 0 spiro atoms. The molecule has 0 amide bonds. The van der Waals surface area contributed by atoms with Gasteiger partial charge in [0.1, 0.15) is 6.33 Å². The topological polar surface area (TPSA) is 75.8 Å². The SMILES string of the molecule is N#Cn1ccnc1.O=C1C=CC(=O)C=C1. The second-order valence-electron chi connectivity index (χ2n) is 2.54. The Balaban J connectivity index is 0.000000151. The molecule has 0 fully saturated rings. The normalized spacial score (nSPS) is 13.0. The average molecular weight is 201 g/mol. The lowest BCUT2D eigenvalue weighted by Crippen LogP contribution is -1.97. The third kappa shape index (κ3) is 3.83. The van der Waals surface area contributed by atoms with E-state index in [-0.39, 0.29) is 11.6 Å². The van der Waals surface area contributed by atoms with E-state index in [4.69, 9.17) is 5.26 Å². The molecule has 0 N–H and O–H groups in total. The van der Waals surface area contributed by atoms with E-state index < -0.39 is 0 Å². The molecule has 2 rings (SSSR count). The van der Waals surface area contributed by atoms with E-state index in [0.29, 0.717) is 0 Å². The summed E-state index contributed by atoms with van der Waals surface area (Å²) in [6, 6.07) is 0. The van der Waals surface area contributed by atoms with Gasteiger partial charge in [-0.3, -0.25) is 9.59 Å². The molecule has 15 heavy (non-hydrogen) atoms. The van der Waals surface area contributed by atoms with Crippen molar-refractivity contribution in [1.29, 1.82) is 5.26 Å². The zero-order valence-electron chi connectivity index (χ0n) is 7.70. The van der Waals surface area contributed by atoms with Gasteiger partial charge in [-0.25, -0.2) is 9.55 Å². The van der Waals surface area contributed by atoms with Crippen LogP contribution in [0.5, 0.6) is 0 Å². The van der Waals surface area contributed by atoms with Crippen molar-refractivity contribution in [1.82, 2.24) is 9.55 Å². The minimum Gasteiger partial charge on any atom is -0.290 e. The van der Waals surface area contributed by atoms with E-state index >= 15 is 0 Å². The molecule has 0 unspecified atom stereocenters. The average Bonchev–Trinajstić information content (AvgIpc) is 2.76. The number of nitrogens with zero attached hydrogens (tertiary/aromatic N) is 3. The van der Waals surface area contributed by atoms with Gasteiger partial charge in [0.25, 0.3) is 0 Å². The van der Waals surface area contributed by atoms with Crippen LogP contribution in [-0.2, 0) is 9.59 Å². The summed E-state index contributed by atoms with van der Waals surface area (Å²) in [5.41, 5.74) is 0. The Morgan fingerprint density at radius 1 is 1.13 bits per heavy atom. The van der Waals surface area contributed by atoms with Crippen LogP contribution in [0.2, 0.25) is 0 Å². The second-order valence-corrected chi connectivity index (χ2v) is 2.54. The summed E-state index contributed by atoms with van der Waals surface area (Å²) in [6.45, 7) is 0. The number of nitriles is 1. The fourth-order valence-electron chi connectivity index (χ4n) is 0.758. The molecule has 5 heteroatoms. The Hall–Kier alpha value is -2.48. The van der Waals surface area contributed by atoms with Gasteiger partial charge in [0.05, 0.1) is 0 Å². The van der Waals surface area contributed by atoms with Gasteiger partial charge in [0, 0.05) is 12.4 Å². The molecule has 0 radical (unpaired) electrons. The molecule has 1 aliphatic carbocycles. The zero-order chi connectivity index (χ0) is 11.1. The number of allylic oxidation sites excluding steroid dienone is 4. The summed E-state index contributed by atoms with van der Waals surface area (Å²) < 4.78 is 1.32. The van der Waals surface area contributed by atoms with E-state index in [0.717, 1.165) is 0 Å². The molecular weight excluding hydrogens is 194 g/mol. The van der Waals surface area contributed by atoms with Crippen molar-refractivity contribution in [3.63, 3.8) is 0 Å². The van der Waals surface area contributed by atoms with Crippen LogP contribution in [-0.4, -0.2) is 21.1 Å². The maximum absolute atomic E-state index is 10.3. The van der Waals surface area contributed by atoms with Crippen molar-refractivity contribution >= 4 is 11.6 Å². The summed E-state index contributed by atoms with van der Waals surface area (Å²) in [7, 11) is 0. The second kappa shape index (κ2) is 5.29. The number of aromatic nitrogens is 2. The largest absolute Gasteiger partial charge is 0.290 e. The number of imidazole rings is 1. The van der Waals surface area contributed by atoms with Crippen LogP contribution < -0.4 is 0 Å². The fraction of sp³-hybridized carbons (Fsp3) is 0. The molecule has 5 nitrogen and oxygen atoms in total. The van der Waals surface area contributed by atoms with E-state index in [9.17, 15) is 9.59 Å². The van der Waals surface area contributed by atoms with Crippen molar-refractivity contribution in [2.75, 3.05) is 0 Å². The Morgan fingerprint density at radius 2 is 1.67 bits per heavy atom. The smallest absolute Gasteiger partial charge is 0.189 e. The first-order valence-corrected chi connectivity index (χ1v) is 4.04. The summed E-state index contributed by atoms with van der Waals surface area (Å²) >= 11 is 0. The Labute approximate surface area is 86.0 Å². The first-order valence-electron chi connectivity index (χ1n) is 4.04. The van der Waals surface area contributed by atoms with E-state index in [1.165, 1.54) is 35.2 Å². The third-order valence-electron chi connectivity index (χ3n) is 1.44. The standard InChI is InChI=1S/C6H4O2.C4H3N3/c7-5-1-2-6(8)4-3-5;5-3-7-2-1-6-4-7/h1-4H;1-2,4H. The number of rotatable bonds is 0. The van der Waals surface area contributed by atoms with Crippen LogP contribution in [0.15, 0.2) is 43.0 Å². The van der Waals surface area contributed by atoms with Crippen LogP contribution >= 0.6 is 0 Å². The van der Waals surface area contributed by atoms with Crippen LogP contribution in [0.1, 0.15) is 0 Å². The highest BCUT2D eigenvalue weighted by atomic mass is 16.1. The highest BCUT2D eigenvalue weighted by molar-refractivity contribution is 6.14. The van der Waals surface area contributed by atoms with Crippen molar-refractivity contribution in [2.24, 2.45) is 0 Å². The summed E-state index contributed by atoms with van der Waals surface area (Å²) in [4.78, 5) is 24.2. The van der Waals surface area contributed by atoms with Crippen LogP contribution in [0.25, 0.3) is 0 Å². The predicted octanol–water partition coefficient (Wildman–Crippen LogP) is 0.463. The van der Waals surface area contributed by atoms with Gasteiger partial charge in [0.2, 0.25) is 0 Å². The molecule has 1 aromatic heterocycles. The van der Waals surface area contributed by atoms with Gasteiger partial charge in [0.15, 0.2) is 17.8 Å². The maximum atomic E-state index is 10.3. The van der Waals surface area contributed by atoms with Gasteiger partial charge in [-0.2, -0.15) is 5.26 Å². The van der Waals surface area contributed by atoms with Crippen molar-refractivity contribution in [2.45, 2.75) is 0 Å². The first kappa shape index (κ1) is 10.6. The monoisotopic (exact) mass is 201 g/mol. The summed E-state index contributed by atoms with van der Waals surface area (Å²) in [5, 5.41) is 8.10. The highest BCUT2D eigenvalue weighted by Crippen LogP contribution is 1.90. The summed E-state index contributed by atoms with van der Waals surface area (Å²) in [6.07, 6.45) is 11.5. The number of hydrogen-bond acceptors (Lipinski definition) is 4. The molecule has 0 aliphatic heterocycles. The minimum absolute atomic E-state index is 0.121. The van der Waals surface area contributed by atoms with Gasteiger partial charge in [-0.1, -0.05) is 0 Å². The van der Waals surface area contributed by atoms with Crippen molar-refractivity contribution < 1.29 is 9.59 Å². The molecule has 0 saturated carbocycles. The number of ketones is 2. The fourth-order valence-corrected chi connectivity index (χ4v) is 0.758. The van der Waals surface area contributed by atoms with Gasteiger partial charge >= 0.3 is 0 Å². The van der Waals surface area contributed by atoms with Crippen LogP contribution in [0, 0.1) is 11.5 Å². The minimum atomic E-state index is -0.121. The maximum Gasteiger partial charge on any atom is 0.189 e. The lowest BCUT2D eigenvalue weighted by molar-refractivity contribution is -0.113. The van der Waals surface area contributed by atoms with Crippen LogP contribution in [0.4, 0.5) is 0 Å². The first-order chi connectivity index (χ1) is 7.22. The lowest BCUT2D eigenvalue weighted by atomic mass is 10.2. The molecule has 74 valence electrons. The van der Waals surface area contributed by atoms with E-state index in [1.54, 1.807) is 12.4 Å². The highest BCUT2D eigenvalue weighted by Gasteiger charge is 1.97. The third-order valence-corrected chi connectivity index (χ3v) is 1.44. The molecule has 0 atom stereocenters. The molecule has 0 saturated heterocycles. The molecule has 0 aromatic carbocycles. The van der Waals surface area contributed by atoms with Gasteiger partial charge in [-0.15, -0.1) is 0 Å². The number of carbonyl (C=O) groups excluding carboxylic acids is 2. The van der Waals surface area contributed by atoms with Crippen molar-refractivity contribution in [3.05, 3.63) is 43.0 Å². The molecule has 1 aromatic rings. The number of hydrogen-bond donors (Lipinski definition) is 0. The molecular formula is C10H7N3O2.